The van der Waals surface area contributed by atoms with Crippen molar-refractivity contribution in [3.05, 3.63) is 111 Å². The van der Waals surface area contributed by atoms with Crippen molar-refractivity contribution < 1.29 is 8.42 Å². The van der Waals surface area contributed by atoms with E-state index in [-0.39, 0.29) is 10.5 Å². The molecular formula is C30H28N4O3S. The molecule has 192 valence electrons. The van der Waals surface area contributed by atoms with Gasteiger partial charge in [-0.2, -0.15) is 5.26 Å². The van der Waals surface area contributed by atoms with Gasteiger partial charge in [0.25, 0.3) is 5.56 Å². The number of nitriles is 1. The van der Waals surface area contributed by atoms with Crippen LogP contribution in [-0.2, 0) is 16.3 Å². The maximum atomic E-state index is 13.6. The van der Waals surface area contributed by atoms with Crippen LogP contribution in [-0.4, -0.2) is 30.9 Å². The van der Waals surface area contributed by atoms with Crippen molar-refractivity contribution in [1.82, 2.24) is 9.38 Å². The van der Waals surface area contributed by atoms with E-state index in [4.69, 9.17) is 4.98 Å². The number of benzene rings is 2. The van der Waals surface area contributed by atoms with Crippen LogP contribution in [0.15, 0.2) is 93.6 Å². The highest BCUT2D eigenvalue weighted by Crippen LogP contribution is 2.29. The first kappa shape index (κ1) is 25.4. The minimum absolute atomic E-state index is 0.00743. The van der Waals surface area contributed by atoms with Gasteiger partial charge in [0, 0.05) is 19.3 Å². The fourth-order valence-corrected chi connectivity index (χ4v) is 6.04. The summed E-state index contributed by atoms with van der Waals surface area (Å²) in [6.45, 7) is 3.22. The van der Waals surface area contributed by atoms with E-state index in [1.165, 1.54) is 28.2 Å². The second kappa shape index (κ2) is 10.6. The van der Waals surface area contributed by atoms with Crippen LogP contribution >= 0.6 is 0 Å². The van der Waals surface area contributed by atoms with E-state index in [9.17, 15) is 18.5 Å². The third-order valence-corrected chi connectivity index (χ3v) is 8.72. The minimum atomic E-state index is -4.12. The van der Waals surface area contributed by atoms with Crippen molar-refractivity contribution in [1.29, 1.82) is 5.26 Å². The molecule has 0 saturated carbocycles. The Labute approximate surface area is 222 Å². The quantitative estimate of drug-likeness (QED) is 0.336. The Kier molecular flexibility index (Phi) is 7.12. The first-order chi connectivity index (χ1) is 18.4. The van der Waals surface area contributed by atoms with E-state index >= 15 is 0 Å². The molecule has 1 saturated heterocycles. The number of piperidine rings is 1. The molecule has 1 aliphatic heterocycles. The van der Waals surface area contributed by atoms with Gasteiger partial charge in [-0.1, -0.05) is 54.1 Å². The summed E-state index contributed by atoms with van der Waals surface area (Å²) < 4.78 is 28.0. The third-order valence-electron chi connectivity index (χ3n) is 7.04. The second-order valence-corrected chi connectivity index (χ2v) is 11.6. The Morgan fingerprint density at radius 1 is 1.03 bits per heavy atom. The number of nitrogens with zero attached hydrogens (tertiary/aromatic N) is 4. The lowest BCUT2D eigenvalue weighted by Gasteiger charge is -2.33. The van der Waals surface area contributed by atoms with E-state index in [0.717, 1.165) is 24.8 Å². The number of anilines is 1. The van der Waals surface area contributed by atoms with Crippen LogP contribution < -0.4 is 10.5 Å². The van der Waals surface area contributed by atoms with Crippen molar-refractivity contribution in [2.45, 2.75) is 31.1 Å². The van der Waals surface area contributed by atoms with Crippen LogP contribution in [0.4, 0.5) is 5.82 Å². The van der Waals surface area contributed by atoms with Gasteiger partial charge in [-0.25, -0.2) is 13.4 Å². The van der Waals surface area contributed by atoms with Gasteiger partial charge in [0.15, 0.2) is 0 Å². The summed E-state index contributed by atoms with van der Waals surface area (Å²) in [5, 5.41) is 9.88. The molecule has 5 rings (SSSR count). The molecule has 2 aromatic carbocycles. The number of rotatable bonds is 6. The summed E-state index contributed by atoms with van der Waals surface area (Å²) in [6, 6.07) is 23.8. The highest BCUT2D eigenvalue weighted by atomic mass is 32.2. The largest absolute Gasteiger partial charge is 0.356 e. The number of hydrogen-bond donors (Lipinski definition) is 0. The normalized spacial score (nSPS) is 14.9. The zero-order chi connectivity index (χ0) is 26.7. The molecule has 0 amide bonds. The molecule has 8 heteroatoms. The Morgan fingerprint density at radius 2 is 1.71 bits per heavy atom. The number of allylic oxidation sites excluding steroid dienone is 1. The number of aromatic nitrogens is 2. The van der Waals surface area contributed by atoms with E-state index in [2.05, 4.69) is 12.1 Å². The summed E-state index contributed by atoms with van der Waals surface area (Å²) in [4.78, 5) is 19.9. The van der Waals surface area contributed by atoms with Crippen LogP contribution in [0, 0.1) is 24.2 Å². The van der Waals surface area contributed by atoms with Gasteiger partial charge in [0.2, 0.25) is 9.84 Å². The number of aryl methyl sites for hydroxylation is 1. The maximum Gasteiger partial charge on any atom is 0.267 e. The zero-order valence-corrected chi connectivity index (χ0v) is 21.9. The summed E-state index contributed by atoms with van der Waals surface area (Å²) in [5.41, 5.74) is 2.36. The van der Waals surface area contributed by atoms with Gasteiger partial charge in [-0.3, -0.25) is 9.20 Å². The first-order valence-electron chi connectivity index (χ1n) is 12.6. The highest BCUT2D eigenvalue weighted by molar-refractivity contribution is 7.95. The highest BCUT2D eigenvalue weighted by Gasteiger charge is 2.27. The summed E-state index contributed by atoms with van der Waals surface area (Å²) in [6.07, 6.45) is 5.61. The standard InChI is InChI=1S/C30H28N4O3S/c1-22-10-12-25(13-11-22)38(36,37)26(21-31)20-27-29(32-28-9-5-6-16-34(28)30(27)35)33-17-14-24(15-18-33)19-23-7-3-2-4-8-23/h2-13,16,20,24H,14-15,17-19H2,1H3. The van der Waals surface area contributed by atoms with Crippen molar-refractivity contribution in [2.75, 3.05) is 18.0 Å². The summed E-state index contributed by atoms with van der Waals surface area (Å²) in [5.74, 6) is 0.914. The van der Waals surface area contributed by atoms with E-state index in [1.54, 1.807) is 36.5 Å². The summed E-state index contributed by atoms with van der Waals surface area (Å²) in [7, 11) is -4.12. The average Bonchev–Trinajstić information content (AvgIpc) is 2.94. The van der Waals surface area contributed by atoms with E-state index < -0.39 is 20.3 Å². The van der Waals surface area contributed by atoms with Crippen molar-refractivity contribution in [2.24, 2.45) is 5.92 Å². The molecule has 0 radical (unpaired) electrons. The molecule has 1 aliphatic rings. The van der Waals surface area contributed by atoms with Gasteiger partial charge >= 0.3 is 0 Å². The molecule has 0 unspecified atom stereocenters. The van der Waals surface area contributed by atoms with Gasteiger partial charge in [0.1, 0.15) is 22.4 Å². The Hall–Kier alpha value is -4.22. The van der Waals surface area contributed by atoms with E-state index in [1.807, 2.05) is 36.1 Å². The lowest BCUT2D eigenvalue weighted by Crippen LogP contribution is -2.37. The average molecular weight is 525 g/mol. The number of hydrogen-bond acceptors (Lipinski definition) is 6. The summed E-state index contributed by atoms with van der Waals surface area (Å²) >= 11 is 0. The molecule has 3 heterocycles. The Balaban J connectivity index is 1.53. The van der Waals surface area contributed by atoms with Crippen LogP contribution in [0.2, 0.25) is 0 Å². The molecule has 4 aromatic rings. The fraction of sp³-hybridized carbons (Fsp3) is 0.233. The number of pyridine rings is 1. The third kappa shape index (κ3) is 5.11. The molecular weight excluding hydrogens is 496 g/mol. The Morgan fingerprint density at radius 3 is 2.39 bits per heavy atom. The van der Waals surface area contributed by atoms with Gasteiger partial charge < -0.3 is 4.90 Å². The fourth-order valence-electron chi connectivity index (χ4n) is 4.90. The predicted octanol–water partition coefficient (Wildman–Crippen LogP) is 4.80. The SMILES string of the molecule is Cc1ccc(S(=O)(=O)C(C#N)=Cc2c(N3CCC(Cc4ccccc4)CC3)nc3ccccn3c2=O)cc1. The molecule has 0 spiro atoms. The molecule has 2 aromatic heterocycles. The first-order valence-corrected chi connectivity index (χ1v) is 14.1. The lowest BCUT2D eigenvalue weighted by atomic mass is 9.90. The lowest BCUT2D eigenvalue weighted by molar-refractivity contribution is 0.402. The topological polar surface area (TPSA) is 95.5 Å². The molecule has 1 fully saturated rings. The Bertz CT molecular complexity index is 1690. The molecule has 0 aliphatic carbocycles. The maximum absolute atomic E-state index is 13.6. The van der Waals surface area contributed by atoms with Crippen LogP contribution in [0.3, 0.4) is 0 Å². The molecule has 0 bridgehead atoms. The zero-order valence-electron chi connectivity index (χ0n) is 21.1. The van der Waals surface area contributed by atoms with Crippen LogP contribution in [0.1, 0.15) is 29.5 Å². The monoisotopic (exact) mass is 524 g/mol. The smallest absolute Gasteiger partial charge is 0.267 e. The predicted molar refractivity (Wildman–Crippen MR) is 148 cm³/mol. The number of sulfone groups is 1. The van der Waals surface area contributed by atoms with Crippen molar-refractivity contribution in [3.63, 3.8) is 0 Å². The molecule has 38 heavy (non-hydrogen) atoms. The number of fused-ring (bicyclic) bond motifs is 1. The van der Waals surface area contributed by atoms with E-state index in [0.29, 0.717) is 30.5 Å². The molecule has 0 atom stereocenters. The second-order valence-electron chi connectivity index (χ2n) is 9.64. The van der Waals surface area contributed by atoms with Crippen LogP contribution in [0.5, 0.6) is 0 Å². The van der Waals surface area contributed by atoms with Gasteiger partial charge in [-0.15, -0.1) is 0 Å². The van der Waals surface area contributed by atoms with Gasteiger partial charge in [-0.05, 0) is 68.0 Å². The van der Waals surface area contributed by atoms with Gasteiger partial charge in [0.05, 0.1) is 10.5 Å². The molecule has 7 nitrogen and oxygen atoms in total. The van der Waals surface area contributed by atoms with Crippen LogP contribution in [0.25, 0.3) is 11.7 Å². The molecule has 0 N–H and O–H groups in total. The van der Waals surface area contributed by atoms with Crippen molar-refractivity contribution >= 4 is 27.4 Å². The minimum Gasteiger partial charge on any atom is -0.356 e. The van der Waals surface area contributed by atoms with Crippen molar-refractivity contribution in [3.8, 4) is 6.07 Å².